The van der Waals surface area contributed by atoms with Crippen LogP contribution >= 0.6 is 0 Å². The SMILES string of the molecule is CN1[C@@H]2c3ccc(/C=C/c4ccccc4)c(=O)n3C[C@@H]2[C@@H](CO)[C@@H]1C(=O)NC1CCCCC1. The van der Waals surface area contributed by atoms with Gasteiger partial charge in [0.1, 0.15) is 0 Å². The average molecular weight is 448 g/mol. The van der Waals surface area contributed by atoms with Crippen LogP contribution in [0, 0.1) is 11.8 Å². The number of benzene rings is 1. The van der Waals surface area contributed by atoms with Crippen LogP contribution < -0.4 is 10.9 Å². The van der Waals surface area contributed by atoms with Gasteiger partial charge in [0.15, 0.2) is 0 Å². The molecule has 2 aromatic rings. The Kier molecular flexibility index (Phi) is 6.21. The number of nitrogens with zero attached hydrogens (tertiary/aromatic N) is 2. The summed E-state index contributed by atoms with van der Waals surface area (Å²) < 4.78 is 1.84. The fraction of sp³-hybridized carbons (Fsp3) is 0.481. The van der Waals surface area contributed by atoms with Crippen LogP contribution in [0.3, 0.4) is 0 Å². The molecule has 1 aromatic heterocycles. The van der Waals surface area contributed by atoms with Gasteiger partial charge in [-0.3, -0.25) is 14.5 Å². The Bertz CT molecular complexity index is 1090. The van der Waals surface area contributed by atoms with Crippen molar-refractivity contribution in [1.29, 1.82) is 0 Å². The summed E-state index contributed by atoms with van der Waals surface area (Å²) in [7, 11) is 1.96. The number of aliphatic hydroxyl groups excluding tert-OH is 1. The van der Waals surface area contributed by atoms with E-state index in [1.807, 2.05) is 66.2 Å². The molecule has 2 N–H and O–H groups in total. The number of aromatic nitrogens is 1. The van der Waals surface area contributed by atoms with E-state index in [2.05, 4.69) is 10.2 Å². The zero-order chi connectivity index (χ0) is 22.9. The number of carbonyl (C=O) groups is 1. The predicted molar refractivity (Wildman–Crippen MR) is 129 cm³/mol. The van der Waals surface area contributed by atoms with Crippen LogP contribution in [0.5, 0.6) is 0 Å². The molecule has 1 saturated carbocycles. The number of nitrogens with one attached hydrogen (secondary N) is 1. The molecule has 1 aliphatic carbocycles. The number of fused-ring (bicyclic) bond motifs is 3. The monoisotopic (exact) mass is 447 g/mol. The Morgan fingerprint density at radius 1 is 1.09 bits per heavy atom. The molecule has 6 heteroatoms. The third kappa shape index (κ3) is 4.06. The molecule has 2 aliphatic heterocycles. The van der Waals surface area contributed by atoms with E-state index in [0.717, 1.165) is 36.9 Å². The zero-order valence-electron chi connectivity index (χ0n) is 19.2. The second kappa shape index (κ2) is 9.27. The Balaban J connectivity index is 1.38. The van der Waals surface area contributed by atoms with Crippen molar-refractivity contribution in [2.24, 2.45) is 11.8 Å². The normalized spacial score (nSPS) is 27.6. The molecule has 0 spiro atoms. The van der Waals surface area contributed by atoms with E-state index in [0.29, 0.717) is 12.1 Å². The minimum atomic E-state index is -0.367. The largest absolute Gasteiger partial charge is 0.396 e. The lowest BCUT2D eigenvalue weighted by Gasteiger charge is -2.30. The lowest BCUT2D eigenvalue weighted by atomic mass is 9.87. The number of likely N-dealkylation sites (tertiary alicyclic amines) is 1. The molecule has 0 unspecified atom stereocenters. The van der Waals surface area contributed by atoms with Crippen LogP contribution in [0.25, 0.3) is 12.2 Å². The number of pyridine rings is 1. The van der Waals surface area contributed by atoms with Crippen LogP contribution in [0.2, 0.25) is 0 Å². The van der Waals surface area contributed by atoms with E-state index in [4.69, 9.17) is 0 Å². The highest BCUT2D eigenvalue weighted by Crippen LogP contribution is 2.48. The van der Waals surface area contributed by atoms with Crippen molar-refractivity contribution in [2.75, 3.05) is 13.7 Å². The second-order valence-corrected chi connectivity index (χ2v) is 9.78. The molecule has 6 nitrogen and oxygen atoms in total. The first-order chi connectivity index (χ1) is 16.1. The Morgan fingerprint density at radius 2 is 1.85 bits per heavy atom. The predicted octanol–water partition coefficient (Wildman–Crippen LogP) is 3.06. The number of hydrogen-bond donors (Lipinski definition) is 2. The fourth-order valence-corrected chi connectivity index (χ4v) is 6.20. The summed E-state index contributed by atoms with van der Waals surface area (Å²) in [5.74, 6) is -0.122. The first kappa shape index (κ1) is 22.1. The minimum absolute atomic E-state index is 0.0117. The highest BCUT2D eigenvalue weighted by molar-refractivity contribution is 5.83. The molecule has 1 amide bonds. The maximum atomic E-state index is 13.2. The zero-order valence-corrected chi connectivity index (χ0v) is 19.2. The fourth-order valence-electron chi connectivity index (χ4n) is 6.20. The summed E-state index contributed by atoms with van der Waals surface area (Å²) in [6.07, 6.45) is 9.47. The number of amides is 1. The molecule has 5 rings (SSSR count). The molecule has 3 aliphatic rings. The lowest BCUT2D eigenvalue weighted by Crippen LogP contribution is -2.50. The quantitative estimate of drug-likeness (QED) is 0.739. The number of likely N-dealkylation sites (N-methyl/N-ethyl adjacent to an activating group) is 1. The Hall–Kier alpha value is -2.70. The van der Waals surface area contributed by atoms with E-state index in [1.165, 1.54) is 6.42 Å². The van der Waals surface area contributed by atoms with Gasteiger partial charge in [-0.15, -0.1) is 0 Å². The van der Waals surface area contributed by atoms with Gasteiger partial charge in [-0.1, -0.05) is 55.7 Å². The van der Waals surface area contributed by atoms with Crippen molar-refractivity contribution in [2.45, 2.75) is 56.8 Å². The Labute approximate surface area is 194 Å². The maximum absolute atomic E-state index is 13.2. The minimum Gasteiger partial charge on any atom is -0.396 e. The summed E-state index contributed by atoms with van der Waals surface area (Å²) in [5, 5.41) is 13.5. The molecule has 33 heavy (non-hydrogen) atoms. The smallest absolute Gasteiger partial charge is 0.258 e. The van der Waals surface area contributed by atoms with Crippen molar-refractivity contribution in [3.05, 3.63) is 69.6 Å². The number of hydrogen-bond acceptors (Lipinski definition) is 4. The van der Waals surface area contributed by atoms with Gasteiger partial charge in [0.05, 0.1) is 12.1 Å². The van der Waals surface area contributed by atoms with E-state index in [-0.39, 0.29) is 48.0 Å². The standard InChI is InChI=1S/C27H33N3O3/c1-29-24-21(22(17-31)25(29)26(32)28-20-10-6-3-7-11-20)16-30-23(24)15-14-19(27(30)33)13-12-18-8-4-2-5-9-18/h2,4-5,8-9,12-15,20-22,24-25,31H,3,6-7,10-11,16-17H2,1H3,(H,28,32)/b13-12+/t21-,22-,24+,25-/m1/s1. The van der Waals surface area contributed by atoms with Crippen molar-refractivity contribution in [1.82, 2.24) is 14.8 Å². The van der Waals surface area contributed by atoms with Crippen molar-refractivity contribution < 1.29 is 9.90 Å². The van der Waals surface area contributed by atoms with Crippen LogP contribution in [0.4, 0.5) is 0 Å². The summed E-state index contributed by atoms with van der Waals surface area (Å²) in [4.78, 5) is 28.6. The molecule has 0 bridgehead atoms. The van der Waals surface area contributed by atoms with Crippen molar-refractivity contribution >= 4 is 18.1 Å². The highest BCUT2D eigenvalue weighted by atomic mass is 16.3. The number of aliphatic hydroxyl groups is 1. The molecule has 3 heterocycles. The van der Waals surface area contributed by atoms with Crippen LogP contribution in [0.1, 0.15) is 55.0 Å². The molecule has 2 fully saturated rings. The van der Waals surface area contributed by atoms with Gasteiger partial charge in [-0.25, -0.2) is 0 Å². The third-order valence-corrected chi connectivity index (χ3v) is 7.86. The average Bonchev–Trinajstić information content (AvgIpc) is 3.35. The number of rotatable bonds is 5. The van der Waals surface area contributed by atoms with Gasteiger partial charge in [-0.2, -0.15) is 0 Å². The van der Waals surface area contributed by atoms with Gasteiger partial charge in [0.2, 0.25) is 5.91 Å². The molecule has 4 atom stereocenters. The van der Waals surface area contributed by atoms with E-state index >= 15 is 0 Å². The van der Waals surface area contributed by atoms with Gasteiger partial charge in [0.25, 0.3) is 5.56 Å². The van der Waals surface area contributed by atoms with Crippen molar-refractivity contribution in [3.8, 4) is 0 Å². The maximum Gasteiger partial charge on any atom is 0.258 e. The van der Waals surface area contributed by atoms with Crippen LogP contribution in [-0.4, -0.2) is 46.2 Å². The van der Waals surface area contributed by atoms with E-state index < -0.39 is 0 Å². The molecule has 0 radical (unpaired) electrons. The molecule has 1 aromatic carbocycles. The second-order valence-electron chi connectivity index (χ2n) is 9.78. The topological polar surface area (TPSA) is 74.6 Å². The summed E-state index contributed by atoms with van der Waals surface area (Å²) in [6.45, 7) is 0.479. The lowest BCUT2D eigenvalue weighted by molar-refractivity contribution is -0.128. The van der Waals surface area contributed by atoms with Crippen molar-refractivity contribution in [3.63, 3.8) is 0 Å². The van der Waals surface area contributed by atoms with E-state index in [9.17, 15) is 14.7 Å². The van der Waals surface area contributed by atoms with Gasteiger partial charge in [-0.05, 0) is 43.7 Å². The van der Waals surface area contributed by atoms with E-state index in [1.54, 1.807) is 0 Å². The Morgan fingerprint density at radius 3 is 2.58 bits per heavy atom. The first-order valence-electron chi connectivity index (χ1n) is 12.2. The number of carbonyl (C=O) groups excluding carboxylic acids is 1. The van der Waals surface area contributed by atoms with Gasteiger partial charge in [0, 0.05) is 42.3 Å². The molecular formula is C27H33N3O3. The molecule has 1 saturated heterocycles. The molecular weight excluding hydrogens is 414 g/mol. The highest BCUT2D eigenvalue weighted by Gasteiger charge is 2.54. The third-order valence-electron chi connectivity index (χ3n) is 7.86. The summed E-state index contributed by atoms with van der Waals surface area (Å²) >= 11 is 0. The van der Waals surface area contributed by atoms with Gasteiger partial charge < -0.3 is 15.0 Å². The summed E-state index contributed by atoms with van der Waals surface area (Å²) in [6, 6.07) is 13.7. The summed E-state index contributed by atoms with van der Waals surface area (Å²) in [5.41, 5.74) is 2.63. The van der Waals surface area contributed by atoms with Crippen LogP contribution in [-0.2, 0) is 11.3 Å². The van der Waals surface area contributed by atoms with Crippen LogP contribution in [0.15, 0.2) is 47.3 Å². The molecule has 174 valence electrons. The first-order valence-corrected chi connectivity index (χ1v) is 12.2. The van der Waals surface area contributed by atoms with Gasteiger partial charge >= 0.3 is 0 Å².